The first-order chi connectivity index (χ1) is 73.7. The number of nitrogens with zero attached hydrogens (tertiary/aromatic N) is 12. The fourth-order valence-corrected chi connectivity index (χ4v) is 27.4. The van der Waals surface area contributed by atoms with E-state index in [9.17, 15) is 21.0 Å². The first-order valence-electron chi connectivity index (χ1n) is 49.8. The Bertz CT molecular complexity index is 11700. The number of anilines is 3. The second-order valence-electron chi connectivity index (χ2n) is 38.9. The molecule has 32 rings (SSSR count). The van der Waals surface area contributed by atoms with E-state index in [2.05, 4.69) is 455 Å². The zero-order chi connectivity index (χ0) is 98.0. The second kappa shape index (κ2) is 31.1. The summed E-state index contributed by atoms with van der Waals surface area (Å²) in [6, 6.07) is 166. The molecule has 13 nitrogen and oxygen atoms in total. The Morgan fingerprint density at radius 1 is 0.208 bits per heavy atom. The maximum Gasteiger partial charge on any atom is 0.145 e. The van der Waals surface area contributed by atoms with Crippen molar-refractivity contribution in [2.24, 2.45) is 0 Å². The van der Waals surface area contributed by atoms with Gasteiger partial charge in [-0.05, 0) is 234 Å². The lowest BCUT2D eigenvalue weighted by molar-refractivity contribution is 0.673. The lowest BCUT2D eigenvalue weighted by Gasteiger charge is -2.26. The molecule has 0 fully saturated rings. The predicted molar refractivity (Wildman–Crippen MR) is 616 cm³/mol. The monoisotopic (exact) mass is 1930 g/mol. The van der Waals surface area contributed by atoms with Crippen molar-refractivity contribution in [1.29, 1.82) is 21.0 Å². The molecule has 0 aliphatic carbocycles. The third-order valence-electron chi connectivity index (χ3n) is 31.4. The Hall–Kier alpha value is -20.3. The molecule has 0 atom stereocenters. The fourth-order valence-electron chi connectivity index (χ4n) is 25.1. The van der Waals surface area contributed by atoms with Crippen LogP contribution in [0, 0.1) is 45.3 Å². The number of hydrogen-bond acceptors (Lipinski definition) is 8. The minimum atomic E-state index is 0.388. The van der Waals surface area contributed by atoms with Gasteiger partial charge in [-0.2, -0.15) is 21.0 Å². The fraction of sp³-hybridized carbons (Fsp3) is 0. The summed E-state index contributed by atoms with van der Waals surface area (Å²) in [6.07, 6.45) is 0. The zero-order valence-corrected chi connectivity index (χ0v) is 80.8. The standard InChI is InChI=1S/C134H72N12OS2/c135-73-79-63-123(145-115-56-51-86(140-109-37-14-6-27-91(109)92-28-7-15-38-110(92)140)65-101(115)103-69-105-98-34-13-21-44-128(98)148-129(105)71-125(103)145)81(75-137)61-121(79)143-117-58-50-85(67-107(117)131-89-26-5-4-23-77(89)47-55-119(131)143)139(83-24-2-1-3-25-83)84-48-45-78(46-49-84)90-35-22-36-100-106-70-104-102-66-87(141-111-39-16-8-29-93(111)94-30-9-17-40-112(94)141)52-57-116(102)146(126(104)72-130(106)149-134(90)100)124-64-80(74-136)122(62-82(124)76-138)144-118-59-53-88(142-113-41-18-10-31-95(113)96-32-11-19-42-114(96)142)68-108(118)132-120(144)60-54-99-97-33-12-20-43-127(97)147-133(99)132/h1-72H. The Labute approximate surface area is 855 Å². The van der Waals surface area contributed by atoms with E-state index in [0.29, 0.717) is 45.0 Å². The van der Waals surface area contributed by atoms with Crippen LogP contribution < -0.4 is 4.90 Å². The molecule has 0 amide bonds. The summed E-state index contributed by atoms with van der Waals surface area (Å²) in [4.78, 5) is 2.32. The SMILES string of the molecule is N#Cc1cc(-n2c3ccc(N(c4ccccc4)c4ccc(-c5cccc6c5sc5cc7c(cc56)c5cc(-n6c8ccccc8c8ccccc86)ccc5n7-c5cc(C#N)c(-n6c7ccc(-n8c9ccccc9c9ccccc98)cc7c7c8oc9ccccc9c8ccc76)cc5C#N)cc4)cc3c3c4ccccc4ccc32)c(C#N)cc1-n1c2ccc(-n3c4ccccc4c4ccccc43)cc2c2cc3c(cc21)sc1ccccc13. The molecule has 0 aliphatic heterocycles. The van der Waals surface area contributed by atoms with Gasteiger partial charge in [0.2, 0.25) is 0 Å². The van der Waals surface area contributed by atoms with Gasteiger partial charge in [0.05, 0.1) is 128 Å². The molecule has 10 aromatic heterocycles. The maximum absolute atomic E-state index is 12.1. The summed E-state index contributed by atoms with van der Waals surface area (Å²) in [6.45, 7) is 0. The molecule has 0 unspecified atom stereocenters. The molecular formula is C134H72N12OS2. The van der Waals surface area contributed by atoms with Gasteiger partial charge in [0, 0.05) is 155 Å². The molecule has 15 heteroatoms. The minimum Gasteiger partial charge on any atom is -0.455 e. The second-order valence-corrected chi connectivity index (χ2v) is 41.1. The lowest BCUT2D eigenvalue weighted by Crippen LogP contribution is -2.09. The molecule has 686 valence electrons. The van der Waals surface area contributed by atoms with Gasteiger partial charge in [0.15, 0.2) is 0 Å². The van der Waals surface area contributed by atoms with Crippen LogP contribution in [0.25, 0.3) is 277 Å². The van der Waals surface area contributed by atoms with Gasteiger partial charge >= 0.3 is 0 Å². The molecule has 0 bridgehead atoms. The molecule has 10 heterocycles. The van der Waals surface area contributed by atoms with Gasteiger partial charge in [-0.1, -0.05) is 224 Å². The third-order valence-corrected chi connectivity index (χ3v) is 33.7. The van der Waals surface area contributed by atoms with E-state index in [0.717, 1.165) is 245 Å². The summed E-state index contributed by atoms with van der Waals surface area (Å²) in [5.74, 6) is 0. The van der Waals surface area contributed by atoms with Crippen LogP contribution >= 0.6 is 22.7 Å². The number of benzene rings is 22. The van der Waals surface area contributed by atoms with Gasteiger partial charge in [0.1, 0.15) is 35.4 Å². The Morgan fingerprint density at radius 2 is 0.577 bits per heavy atom. The molecule has 22 aromatic carbocycles. The minimum absolute atomic E-state index is 0.388. The van der Waals surface area contributed by atoms with E-state index < -0.39 is 0 Å². The number of aromatic nitrogens is 7. The van der Waals surface area contributed by atoms with E-state index >= 15 is 0 Å². The summed E-state index contributed by atoms with van der Waals surface area (Å²) >= 11 is 3.52. The first-order valence-corrected chi connectivity index (χ1v) is 51.4. The summed E-state index contributed by atoms with van der Waals surface area (Å²) in [5.41, 5.74) is 27.2. The molecule has 0 radical (unpaired) electrons. The number of para-hydroxylation sites is 8. The largest absolute Gasteiger partial charge is 0.455 e. The number of fused-ring (bicyclic) bond motifs is 33. The van der Waals surface area contributed by atoms with Crippen LogP contribution in [0.1, 0.15) is 22.3 Å². The highest BCUT2D eigenvalue weighted by Gasteiger charge is 2.31. The van der Waals surface area contributed by atoms with Gasteiger partial charge < -0.3 is 41.3 Å². The summed E-state index contributed by atoms with van der Waals surface area (Å²) < 4.78 is 27.3. The van der Waals surface area contributed by atoms with Crippen LogP contribution in [-0.4, -0.2) is 32.0 Å². The normalized spacial score (nSPS) is 12.1. The number of thiophene rings is 2. The van der Waals surface area contributed by atoms with Crippen molar-refractivity contribution in [3.8, 4) is 75.2 Å². The lowest BCUT2D eigenvalue weighted by atomic mass is 10.0. The third kappa shape index (κ3) is 11.6. The molecule has 0 aliphatic rings. The van der Waals surface area contributed by atoms with Crippen LogP contribution in [0.15, 0.2) is 441 Å². The summed E-state index contributed by atoms with van der Waals surface area (Å²) in [5, 5.41) is 71.5. The van der Waals surface area contributed by atoms with E-state index in [1.807, 2.05) is 42.5 Å². The number of furan rings is 1. The molecule has 32 aromatic rings. The van der Waals surface area contributed by atoms with Crippen LogP contribution in [0.4, 0.5) is 17.1 Å². The smallest absolute Gasteiger partial charge is 0.145 e. The van der Waals surface area contributed by atoms with Crippen molar-refractivity contribution in [3.05, 3.63) is 459 Å². The highest BCUT2D eigenvalue weighted by atomic mass is 32.1. The number of rotatable bonds is 11. The van der Waals surface area contributed by atoms with Crippen molar-refractivity contribution in [1.82, 2.24) is 32.0 Å². The van der Waals surface area contributed by atoms with Crippen molar-refractivity contribution in [2.45, 2.75) is 0 Å². The van der Waals surface area contributed by atoms with Crippen LogP contribution in [0.3, 0.4) is 0 Å². The van der Waals surface area contributed by atoms with Crippen molar-refractivity contribution in [3.63, 3.8) is 0 Å². The van der Waals surface area contributed by atoms with Crippen LogP contribution in [-0.2, 0) is 0 Å². The molecule has 149 heavy (non-hydrogen) atoms. The maximum atomic E-state index is 12.1. The molecule has 0 spiro atoms. The summed E-state index contributed by atoms with van der Waals surface area (Å²) in [7, 11) is 0. The molecule has 0 N–H and O–H groups in total. The van der Waals surface area contributed by atoms with Crippen molar-refractivity contribution in [2.75, 3.05) is 4.90 Å². The predicted octanol–water partition coefficient (Wildman–Crippen LogP) is 35.8. The van der Waals surface area contributed by atoms with Crippen molar-refractivity contribution >= 4 is 265 Å². The van der Waals surface area contributed by atoms with Crippen LogP contribution in [0.5, 0.6) is 0 Å². The van der Waals surface area contributed by atoms with E-state index in [-0.39, 0.29) is 0 Å². The van der Waals surface area contributed by atoms with E-state index in [1.165, 1.54) is 26.2 Å². The molecule has 0 saturated heterocycles. The highest BCUT2D eigenvalue weighted by molar-refractivity contribution is 7.26. The number of nitriles is 4. The van der Waals surface area contributed by atoms with E-state index in [1.54, 1.807) is 22.7 Å². The Morgan fingerprint density at radius 3 is 1.09 bits per heavy atom. The highest BCUT2D eigenvalue weighted by Crippen LogP contribution is 2.53. The van der Waals surface area contributed by atoms with Gasteiger partial charge in [-0.25, -0.2) is 0 Å². The zero-order valence-electron chi connectivity index (χ0n) is 79.2. The van der Waals surface area contributed by atoms with Gasteiger partial charge in [-0.3, -0.25) is 0 Å². The quantitative estimate of drug-likeness (QED) is 0.126. The van der Waals surface area contributed by atoms with Gasteiger partial charge in [0.25, 0.3) is 0 Å². The Kier molecular flexibility index (Phi) is 17.2. The van der Waals surface area contributed by atoms with Crippen LogP contribution in [0.2, 0.25) is 0 Å². The number of hydrogen-bond donors (Lipinski definition) is 0. The average molecular weight is 1930 g/mol. The topological polar surface area (TPSA) is 146 Å². The molecular weight excluding hydrogens is 1860 g/mol. The van der Waals surface area contributed by atoms with E-state index in [4.69, 9.17) is 4.42 Å². The van der Waals surface area contributed by atoms with Crippen molar-refractivity contribution < 1.29 is 4.42 Å². The molecule has 0 saturated carbocycles. The first kappa shape index (κ1) is 82.3. The Balaban J connectivity index is 0.538. The average Bonchev–Trinajstić information content (AvgIpc) is 1.54. The van der Waals surface area contributed by atoms with Gasteiger partial charge in [-0.15, -0.1) is 22.7 Å².